The number of thioether (sulfide) groups is 1. The van der Waals surface area contributed by atoms with Crippen molar-refractivity contribution in [2.75, 3.05) is 32.9 Å². The summed E-state index contributed by atoms with van der Waals surface area (Å²) in [5, 5.41) is 0.881. The molecule has 1 fully saturated rings. The number of allylic oxidation sites excluding steroid dienone is 2. The van der Waals surface area contributed by atoms with E-state index in [1.165, 1.54) is 17.8 Å². The van der Waals surface area contributed by atoms with Gasteiger partial charge in [-0.3, -0.25) is 4.79 Å². The Bertz CT molecular complexity index is 736. The Morgan fingerprint density at radius 1 is 1.32 bits per heavy atom. The number of hydrogen-bond donors (Lipinski definition) is 0. The Morgan fingerprint density at radius 2 is 2.00 bits per heavy atom. The molecule has 0 atom stereocenters. The van der Waals surface area contributed by atoms with Crippen LogP contribution in [0.4, 0.5) is 0 Å². The third-order valence-corrected chi connectivity index (χ3v) is 5.55. The minimum atomic E-state index is -0.489. The van der Waals surface area contributed by atoms with Gasteiger partial charge in [-0.2, -0.15) is 0 Å². The number of ether oxygens (including phenoxy) is 2. The van der Waals surface area contributed by atoms with Gasteiger partial charge in [-0.15, -0.1) is 0 Å². The highest BCUT2D eigenvalue weighted by atomic mass is 79.9. The van der Waals surface area contributed by atoms with Crippen molar-refractivity contribution in [2.45, 2.75) is 6.92 Å². The molecule has 0 radical (unpaired) electrons. The quantitative estimate of drug-likeness (QED) is 0.547. The molecule has 0 amide bonds. The number of morpholine rings is 1. The fourth-order valence-corrected chi connectivity index (χ4v) is 4.11. The number of esters is 1. The SMILES string of the molecule is CCOC(=O)/C=C1\SC(N2CCOCC2)=C(c2ccc(Br)cc2)C1=O. The van der Waals surface area contributed by atoms with E-state index in [-0.39, 0.29) is 12.4 Å². The predicted octanol–water partition coefficient (Wildman–Crippen LogP) is 3.21. The summed E-state index contributed by atoms with van der Waals surface area (Å²) >= 11 is 4.75. The van der Waals surface area contributed by atoms with Gasteiger partial charge in [-0.1, -0.05) is 39.8 Å². The molecule has 7 heteroatoms. The first-order chi connectivity index (χ1) is 12.1. The minimum Gasteiger partial charge on any atom is -0.463 e. The molecule has 5 nitrogen and oxygen atoms in total. The fraction of sp³-hybridized carbons (Fsp3) is 0.333. The average Bonchev–Trinajstić information content (AvgIpc) is 2.93. The monoisotopic (exact) mass is 423 g/mol. The number of hydrogen-bond acceptors (Lipinski definition) is 6. The van der Waals surface area contributed by atoms with Gasteiger partial charge in [0, 0.05) is 23.6 Å². The Labute approximate surface area is 159 Å². The molecule has 1 aromatic carbocycles. The molecule has 0 unspecified atom stereocenters. The van der Waals surface area contributed by atoms with Crippen LogP contribution in [0.2, 0.25) is 0 Å². The summed E-state index contributed by atoms with van der Waals surface area (Å²) in [5.41, 5.74) is 1.48. The van der Waals surface area contributed by atoms with Gasteiger partial charge in [0.15, 0.2) is 0 Å². The van der Waals surface area contributed by atoms with Crippen LogP contribution < -0.4 is 0 Å². The lowest BCUT2D eigenvalue weighted by atomic mass is 10.0. The van der Waals surface area contributed by atoms with E-state index in [4.69, 9.17) is 9.47 Å². The number of benzene rings is 1. The number of halogens is 1. The third-order valence-electron chi connectivity index (χ3n) is 3.84. The molecule has 1 saturated heterocycles. The third kappa shape index (κ3) is 4.16. The van der Waals surface area contributed by atoms with E-state index in [9.17, 15) is 9.59 Å². The van der Waals surface area contributed by atoms with Gasteiger partial charge >= 0.3 is 5.97 Å². The molecule has 0 aromatic heterocycles. The molecule has 132 valence electrons. The largest absolute Gasteiger partial charge is 0.463 e. The zero-order valence-electron chi connectivity index (χ0n) is 13.8. The highest BCUT2D eigenvalue weighted by Gasteiger charge is 2.34. The normalized spacial score (nSPS) is 19.7. The van der Waals surface area contributed by atoms with Crippen molar-refractivity contribution in [1.82, 2.24) is 4.90 Å². The smallest absolute Gasteiger partial charge is 0.332 e. The summed E-state index contributed by atoms with van der Waals surface area (Å²) in [6, 6.07) is 7.63. The number of ketones is 1. The maximum absolute atomic E-state index is 13.0. The summed E-state index contributed by atoms with van der Waals surface area (Å²) in [5.74, 6) is -0.626. The molecular weight excluding hydrogens is 406 g/mol. The van der Waals surface area contributed by atoms with Gasteiger partial charge in [-0.05, 0) is 24.6 Å². The maximum atomic E-state index is 13.0. The van der Waals surface area contributed by atoms with Crippen LogP contribution in [0.1, 0.15) is 12.5 Å². The van der Waals surface area contributed by atoms with E-state index in [2.05, 4.69) is 20.8 Å². The summed E-state index contributed by atoms with van der Waals surface area (Å²) in [6.45, 7) is 4.73. The number of Topliss-reactive ketones (excluding diaryl/α,β-unsaturated/α-hetero) is 1. The van der Waals surface area contributed by atoms with Gasteiger partial charge < -0.3 is 14.4 Å². The van der Waals surface area contributed by atoms with E-state index < -0.39 is 5.97 Å². The number of rotatable bonds is 4. The van der Waals surface area contributed by atoms with E-state index in [1.807, 2.05) is 24.3 Å². The Balaban J connectivity index is 1.98. The minimum absolute atomic E-state index is 0.137. The van der Waals surface area contributed by atoms with Crippen LogP contribution in [0.25, 0.3) is 5.57 Å². The van der Waals surface area contributed by atoms with Gasteiger partial charge in [0.1, 0.15) is 0 Å². The van der Waals surface area contributed by atoms with E-state index >= 15 is 0 Å². The topological polar surface area (TPSA) is 55.8 Å². The van der Waals surface area contributed by atoms with Crippen molar-refractivity contribution < 1.29 is 19.1 Å². The Hall–Kier alpha value is -1.57. The first kappa shape index (κ1) is 18.2. The summed E-state index contributed by atoms with van der Waals surface area (Å²) in [4.78, 5) is 27.3. The van der Waals surface area contributed by atoms with Crippen molar-refractivity contribution in [3.05, 3.63) is 50.3 Å². The zero-order chi connectivity index (χ0) is 17.8. The molecule has 2 aliphatic heterocycles. The van der Waals surface area contributed by atoms with Crippen molar-refractivity contribution in [1.29, 1.82) is 0 Å². The summed E-state index contributed by atoms with van der Waals surface area (Å²) < 4.78 is 11.3. The zero-order valence-corrected chi connectivity index (χ0v) is 16.2. The highest BCUT2D eigenvalue weighted by molar-refractivity contribution is 9.10. The second-order valence-electron chi connectivity index (χ2n) is 5.48. The molecule has 0 spiro atoms. The molecule has 0 N–H and O–H groups in total. The van der Waals surface area contributed by atoms with E-state index in [0.29, 0.717) is 23.7 Å². The van der Waals surface area contributed by atoms with E-state index in [1.54, 1.807) is 6.92 Å². The first-order valence-corrected chi connectivity index (χ1v) is 9.65. The lowest BCUT2D eigenvalue weighted by Gasteiger charge is -2.29. The molecule has 0 bridgehead atoms. The van der Waals surface area contributed by atoms with Crippen LogP contribution in [0.15, 0.2) is 44.7 Å². The lowest BCUT2D eigenvalue weighted by Crippen LogP contribution is -2.34. The predicted molar refractivity (Wildman–Crippen MR) is 101 cm³/mol. The molecule has 0 saturated carbocycles. The highest BCUT2D eigenvalue weighted by Crippen LogP contribution is 2.44. The average molecular weight is 424 g/mol. The standard InChI is InChI=1S/C18H18BrNO4S/c1-2-24-15(21)11-14-17(22)16(12-3-5-13(19)6-4-12)18(25-14)20-7-9-23-10-8-20/h3-6,11H,2,7-10H2,1H3/b14-11-. The van der Waals surface area contributed by atoms with Crippen LogP contribution in [-0.2, 0) is 19.1 Å². The Kier molecular flexibility index (Phi) is 5.98. The van der Waals surface area contributed by atoms with Crippen LogP contribution in [0.3, 0.4) is 0 Å². The number of carbonyl (C=O) groups is 2. The molecule has 1 aromatic rings. The van der Waals surface area contributed by atoms with Gasteiger partial charge in [0.05, 0.1) is 35.3 Å². The van der Waals surface area contributed by atoms with Gasteiger partial charge in [0.2, 0.25) is 5.78 Å². The van der Waals surface area contributed by atoms with Gasteiger partial charge in [-0.25, -0.2) is 4.79 Å². The number of carbonyl (C=O) groups excluding carboxylic acids is 2. The fourth-order valence-electron chi connectivity index (χ4n) is 2.67. The van der Waals surface area contributed by atoms with Crippen LogP contribution >= 0.6 is 27.7 Å². The van der Waals surface area contributed by atoms with E-state index in [0.717, 1.165) is 28.2 Å². The summed E-state index contributed by atoms with van der Waals surface area (Å²) in [7, 11) is 0. The molecule has 2 heterocycles. The van der Waals surface area contributed by atoms with Crippen molar-refractivity contribution in [2.24, 2.45) is 0 Å². The molecule has 3 rings (SSSR count). The van der Waals surface area contributed by atoms with Crippen molar-refractivity contribution >= 4 is 45.0 Å². The molecular formula is C18H18BrNO4S. The maximum Gasteiger partial charge on any atom is 0.332 e. The first-order valence-electron chi connectivity index (χ1n) is 8.04. The van der Waals surface area contributed by atoms with Gasteiger partial charge in [0.25, 0.3) is 0 Å². The molecule has 0 aliphatic carbocycles. The van der Waals surface area contributed by atoms with Crippen LogP contribution in [0.5, 0.6) is 0 Å². The number of nitrogens with zero attached hydrogens (tertiary/aromatic N) is 1. The Morgan fingerprint density at radius 3 is 2.64 bits per heavy atom. The summed E-state index contributed by atoms with van der Waals surface area (Å²) in [6.07, 6.45) is 1.29. The molecule has 2 aliphatic rings. The second kappa shape index (κ2) is 8.21. The molecule has 25 heavy (non-hydrogen) atoms. The van der Waals surface area contributed by atoms with Crippen molar-refractivity contribution in [3.8, 4) is 0 Å². The lowest BCUT2D eigenvalue weighted by molar-refractivity contribution is -0.137. The van der Waals surface area contributed by atoms with Crippen LogP contribution in [-0.4, -0.2) is 49.6 Å². The van der Waals surface area contributed by atoms with Crippen molar-refractivity contribution in [3.63, 3.8) is 0 Å². The van der Waals surface area contributed by atoms with Crippen LogP contribution in [0, 0.1) is 0 Å². The second-order valence-corrected chi connectivity index (χ2v) is 7.42.